The van der Waals surface area contributed by atoms with Gasteiger partial charge in [-0.05, 0) is 44.6 Å². The standard InChI is InChI=1S/C13H27NO/c1-4-14-12-8-5-9-13(12)15-10-6-7-11(2)3/h11-14H,4-10H2,1-3H3. The summed E-state index contributed by atoms with van der Waals surface area (Å²) in [6.07, 6.45) is 6.86. The van der Waals surface area contributed by atoms with Gasteiger partial charge in [0.1, 0.15) is 0 Å². The molecule has 2 atom stereocenters. The van der Waals surface area contributed by atoms with Crippen molar-refractivity contribution in [1.29, 1.82) is 0 Å². The first-order valence-corrected chi connectivity index (χ1v) is 6.59. The van der Waals surface area contributed by atoms with Crippen molar-refractivity contribution in [2.45, 2.75) is 65.0 Å². The van der Waals surface area contributed by atoms with Crippen molar-refractivity contribution < 1.29 is 4.74 Å². The topological polar surface area (TPSA) is 21.3 Å². The van der Waals surface area contributed by atoms with Crippen LogP contribution in [0.2, 0.25) is 0 Å². The van der Waals surface area contributed by atoms with Gasteiger partial charge in [0.2, 0.25) is 0 Å². The van der Waals surface area contributed by atoms with Crippen molar-refractivity contribution in [2.75, 3.05) is 13.2 Å². The number of hydrogen-bond donors (Lipinski definition) is 1. The minimum absolute atomic E-state index is 0.483. The average molecular weight is 213 g/mol. The molecule has 15 heavy (non-hydrogen) atoms. The molecule has 0 aromatic heterocycles. The van der Waals surface area contributed by atoms with Crippen molar-refractivity contribution in [1.82, 2.24) is 5.32 Å². The highest BCUT2D eigenvalue weighted by atomic mass is 16.5. The van der Waals surface area contributed by atoms with Crippen molar-refractivity contribution in [3.63, 3.8) is 0 Å². The fraction of sp³-hybridized carbons (Fsp3) is 1.00. The summed E-state index contributed by atoms with van der Waals surface area (Å²) in [6, 6.07) is 0.619. The summed E-state index contributed by atoms with van der Waals surface area (Å²) in [5, 5.41) is 3.52. The molecular formula is C13H27NO. The van der Waals surface area contributed by atoms with Gasteiger partial charge in [-0.3, -0.25) is 0 Å². The zero-order chi connectivity index (χ0) is 11.1. The van der Waals surface area contributed by atoms with Crippen LogP contribution in [0.3, 0.4) is 0 Å². The van der Waals surface area contributed by atoms with Gasteiger partial charge in [0, 0.05) is 12.6 Å². The molecule has 1 fully saturated rings. The lowest BCUT2D eigenvalue weighted by atomic mass is 10.1. The average Bonchev–Trinajstić information content (AvgIpc) is 2.61. The molecule has 1 saturated carbocycles. The van der Waals surface area contributed by atoms with Gasteiger partial charge in [-0.25, -0.2) is 0 Å². The van der Waals surface area contributed by atoms with Gasteiger partial charge in [0.15, 0.2) is 0 Å². The predicted octanol–water partition coefficient (Wildman–Crippen LogP) is 2.97. The Labute approximate surface area is 94.8 Å². The molecule has 2 nitrogen and oxygen atoms in total. The van der Waals surface area contributed by atoms with E-state index in [9.17, 15) is 0 Å². The second kappa shape index (κ2) is 7.24. The maximum absolute atomic E-state index is 5.96. The summed E-state index contributed by atoms with van der Waals surface area (Å²) >= 11 is 0. The molecule has 0 amide bonds. The maximum Gasteiger partial charge on any atom is 0.0728 e. The van der Waals surface area contributed by atoms with Crippen LogP contribution in [0.15, 0.2) is 0 Å². The van der Waals surface area contributed by atoms with Crippen LogP contribution in [0, 0.1) is 5.92 Å². The molecule has 0 heterocycles. The minimum Gasteiger partial charge on any atom is -0.377 e. The molecule has 0 radical (unpaired) electrons. The van der Waals surface area contributed by atoms with E-state index in [1.807, 2.05) is 0 Å². The summed E-state index contributed by atoms with van der Waals surface area (Å²) in [5.74, 6) is 0.807. The Kier molecular flexibility index (Phi) is 6.26. The van der Waals surface area contributed by atoms with E-state index >= 15 is 0 Å². The third-order valence-corrected chi connectivity index (χ3v) is 3.18. The number of rotatable bonds is 7. The van der Waals surface area contributed by atoms with Crippen LogP contribution in [0.4, 0.5) is 0 Å². The monoisotopic (exact) mass is 213 g/mol. The fourth-order valence-corrected chi connectivity index (χ4v) is 2.35. The van der Waals surface area contributed by atoms with E-state index in [4.69, 9.17) is 4.74 Å². The van der Waals surface area contributed by atoms with Crippen molar-refractivity contribution in [2.24, 2.45) is 5.92 Å². The molecule has 1 aliphatic rings. The van der Waals surface area contributed by atoms with E-state index in [2.05, 4.69) is 26.1 Å². The predicted molar refractivity (Wildman–Crippen MR) is 65.1 cm³/mol. The van der Waals surface area contributed by atoms with Crippen molar-refractivity contribution >= 4 is 0 Å². The lowest BCUT2D eigenvalue weighted by Crippen LogP contribution is -2.37. The van der Waals surface area contributed by atoms with Gasteiger partial charge in [0.05, 0.1) is 6.10 Å². The molecule has 0 spiro atoms. The first-order valence-electron chi connectivity index (χ1n) is 6.59. The molecule has 2 unspecified atom stereocenters. The largest absolute Gasteiger partial charge is 0.377 e. The van der Waals surface area contributed by atoms with E-state index in [1.165, 1.54) is 32.1 Å². The third-order valence-electron chi connectivity index (χ3n) is 3.18. The van der Waals surface area contributed by atoms with Crippen LogP contribution in [0.25, 0.3) is 0 Å². The highest BCUT2D eigenvalue weighted by molar-refractivity contribution is 4.83. The molecule has 1 N–H and O–H groups in total. The molecule has 0 aromatic rings. The normalized spacial score (nSPS) is 26.4. The molecule has 0 saturated heterocycles. The van der Waals surface area contributed by atoms with Gasteiger partial charge in [0.25, 0.3) is 0 Å². The van der Waals surface area contributed by atoms with Gasteiger partial charge in [-0.2, -0.15) is 0 Å². The molecule has 1 rings (SSSR count). The van der Waals surface area contributed by atoms with E-state index in [-0.39, 0.29) is 0 Å². The number of ether oxygens (including phenoxy) is 1. The summed E-state index contributed by atoms with van der Waals surface area (Å²) < 4.78 is 5.96. The summed E-state index contributed by atoms with van der Waals surface area (Å²) in [4.78, 5) is 0. The van der Waals surface area contributed by atoms with Crippen molar-refractivity contribution in [3.05, 3.63) is 0 Å². The van der Waals surface area contributed by atoms with Gasteiger partial charge in [-0.15, -0.1) is 0 Å². The first kappa shape index (κ1) is 13.0. The molecule has 90 valence electrons. The molecule has 0 bridgehead atoms. The summed E-state index contributed by atoms with van der Waals surface area (Å²) in [6.45, 7) is 8.74. The highest BCUT2D eigenvalue weighted by Crippen LogP contribution is 2.22. The van der Waals surface area contributed by atoms with Gasteiger partial charge < -0.3 is 10.1 Å². The zero-order valence-corrected chi connectivity index (χ0v) is 10.6. The fourth-order valence-electron chi connectivity index (χ4n) is 2.35. The molecule has 0 aromatic carbocycles. The lowest BCUT2D eigenvalue weighted by molar-refractivity contribution is 0.0369. The maximum atomic E-state index is 5.96. The van der Waals surface area contributed by atoms with Crippen molar-refractivity contribution in [3.8, 4) is 0 Å². The minimum atomic E-state index is 0.483. The highest BCUT2D eigenvalue weighted by Gasteiger charge is 2.26. The summed E-state index contributed by atoms with van der Waals surface area (Å²) in [5.41, 5.74) is 0. The van der Waals surface area contributed by atoms with Gasteiger partial charge in [-0.1, -0.05) is 20.8 Å². The Balaban J connectivity index is 2.09. The van der Waals surface area contributed by atoms with Crippen LogP contribution < -0.4 is 5.32 Å². The second-order valence-electron chi connectivity index (χ2n) is 5.04. The number of nitrogens with one attached hydrogen (secondary N) is 1. The second-order valence-corrected chi connectivity index (χ2v) is 5.04. The van der Waals surface area contributed by atoms with Crippen LogP contribution in [-0.4, -0.2) is 25.3 Å². The van der Waals surface area contributed by atoms with Crippen LogP contribution in [0.5, 0.6) is 0 Å². The smallest absolute Gasteiger partial charge is 0.0728 e. The Morgan fingerprint density at radius 1 is 1.33 bits per heavy atom. The first-order chi connectivity index (χ1) is 7.24. The number of hydrogen-bond acceptors (Lipinski definition) is 2. The zero-order valence-electron chi connectivity index (χ0n) is 10.6. The third kappa shape index (κ3) is 4.98. The summed E-state index contributed by atoms with van der Waals surface area (Å²) in [7, 11) is 0. The van der Waals surface area contributed by atoms with Gasteiger partial charge >= 0.3 is 0 Å². The van der Waals surface area contributed by atoms with E-state index < -0.39 is 0 Å². The molecule has 2 heteroatoms. The Morgan fingerprint density at radius 3 is 2.80 bits per heavy atom. The SMILES string of the molecule is CCNC1CCCC1OCCCC(C)C. The molecule has 1 aliphatic carbocycles. The van der Waals surface area contributed by atoms with Crippen LogP contribution in [0.1, 0.15) is 52.9 Å². The van der Waals surface area contributed by atoms with E-state index in [1.54, 1.807) is 0 Å². The van der Waals surface area contributed by atoms with E-state index in [0.717, 1.165) is 19.1 Å². The quantitative estimate of drug-likeness (QED) is 0.656. The molecule has 0 aliphatic heterocycles. The Hall–Kier alpha value is -0.0800. The lowest BCUT2D eigenvalue weighted by Gasteiger charge is -2.21. The molecular weight excluding hydrogens is 186 g/mol. The Bertz CT molecular complexity index is 159. The van der Waals surface area contributed by atoms with E-state index in [0.29, 0.717) is 12.1 Å². The van der Waals surface area contributed by atoms with Crippen LogP contribution in [-0.2, 0) is 4.74 Å². The van der Waals surface area contributed by atoms with Crippen LogP contribution >= 0.6 is 0 Å². The Morgan fingerprint density at radius 2 is 2.13 bits per heavy atom. The number of likely N-dealkylation sites (N-methyl/N-ethyl adjacent to an activating group) is 1.